The van der Waals surface area contributed by atoms with Crippen LogP contribution in [0.5, 0.6) is 0 Å². The van der Waals surface area contributed by atoms with Crippen molar-refractivity contribution in [2.24, 2.45) is 0 Å². The summed E-state index contributed by atoms with van der Waals surface area (Å²) in [5.41, 5.74) is 1.13. The van der Waals surface area contributed by atoms with E-state index >= 15 is 0 Å². The lowest BCUT2D eigenvalue weighted by atomic mass is 10.0. The molecular formula is C12H14O2. The third kappa shape index (κ3) is 1.86. The highest BCUT2D eigenvalue weighted by molar-refractivity contribution is 5.23. The average Bonchev–Trinajstić information content (AvgIpc) is 2.23. The van der Waals surface area contributed by atoms with E-state index in [1.54, 1.807) is 6.08 Å². The van der Waals surface area contributed by atoms with Crippen molar-refractivity contribution in [3.8, 4) is 0 Å². The van der Waals surface area contributed by atoms with Crippen LogP contribution in [0.1, 0.15) is 18.6 Å². The summed E-state index contributed by atoms with van der Waals surface area (Å²) in [6, 6.07) is 10.0. The molecule has 0 aliphatic carbocycles. The largest absolute Gasteiger partial charge is 0.386 e. The van der Waals surface area contributed by atoms with Crippen molar-refractivity contribution in [3.05, 3.63) is 48.0 Å². The summed E-state index contributed by atoms with van der Waals surface area (Å²) in [5.74, 6) is 0. The van der Waals surface area contributed by atoms with Gasteiger partial charge in [0.15, 0.2) is 0 Å². The lowest BCUT2D eigenvalue weighted by Gasteiger charge is -2.27. The predicted octanol–water partition coefficient (Wildman–Crippen LogP) is 2.06. The quantitative estimate of drug-likeness (QED) is 0.687. The van der Waals surface area contributed by atoms with E-state index in [-0.39, 0.29) is 12.2 Å². The molecule has 3 atom stereocenters. The molecule has 0 spiro atoms. The van der Waals surface area contributed by atoms with E-state index in [1.165, 1.54) is 0 Å². The summed E-state index contributed by atoms with van der Waals surface area (Å²) in [5, 5.41) is 9.43. The maximum Gasteiger partial charge on any atom is 0.101 e. The third-order valence-electron chi connectivity index (χ3n) is 2.45. The summed E-state index contributed by atoms with van der Waals surface area (Å²) in [6.45, 7) is 1.88. The molecule has 1 aromatic rings. The van der Waals surface area contributed by atoms with Crippen LogP contribution in [-0.2, 0) is 4.74 Å². The third-order valence-corrected chi connectivity index (χ3v) is 2.45. The van der Waals surface area contributed by atoms with Gasteiger partial charge in [-0.2, -0.15) is 0 Å². The van der Waals surface area contributed by atoms with E-state index in [2.05, 4.69) is 0 Å². The van der Waals surface area contributed by atoms with Crippen molar-refractivity contribution in [3.63, 3.8) is 0 Å². The topological polar surface area (TPSA) is 29.5 Å². The van der Waals surface area contributed by atoms with Gasteiger partial charge < -0.3 is 9.84 Å². The molecule has 0 aromatic heterocycles. The Labute approximate surface area is 83.8 Å². The van der Waals surface area contributed by atoms with E-state index in [9.17, 15) is 5.11 Å². The number of rotatable bonds is 1. The zero-order valence-corrected chi connectivity index (χ0v) is 8.13. The van der Waals surface area contributed by atoms with E-state index in [1.807, 2.05) is 43.3 Å². The van der Waals surface area contributed by atoms with Crippen molar-refractivity contribution in [1.29, 1.82) is 0 Å². The van der Waals surface area contributed by atoms with Crippen LogP contribution in [0.3, 0.4) is 0 Å². The molecular weight excluding hydrogens is 176 g/mol. The minimum Gasteiger partial charge on any atom is -0.386 e. The van der Waals surface area contributed by atoms with Gasteiger partial charge in [-0.05, 0) is 12.5 Å². The van der Waals surface area contributed by atoms with Crippen LogP contribution < -0.4 is 0 Å². The number of ether oxygens (including phenoxy) is 1. The maximum atomic E-state index is 9.43. The molecule has 2 rings (SSSR count). The lowest BCUT2D eigenvalue weighted by molar-refractivity contribution is -0.0469. The van der Waals surface area contributed by atoms with Crippen LogP contribution in [0, 0.1) is 0 Å². The molecule has 74 valence electrons. The first-order valence-electron chi connectivity index (χ1n) is 4.84. The fourth-order valence-corrected chi connectivity index (χ4v) is 1.56. The van der Waals surface area contributed by atoms with E-state index in [0.29, 0.717) is 0 Å². The second kappa shape index (κ2) is 3.95. The highest BCUT2D eigenvalue weighted by Gasteiger charge is 2.22. The molecule has 0 radical (unpaired) electrons. The molecule has 1 aliphatic heterocycles. The molecule has 2 heteroatoms. The molecule has 1 aromatic carbocycles. The summed E-state index contributed by atoms with van der Waals surface area (Å²) in [6.07, 6.45) is 3.07. The minimum absolute atomic E-state index is 0.0189. The second-order valence-corrected chi connectivity index (χ2v) is 3.55. The summed E-state index contributed by atoms with van der Waals surface area (Å²) in [7, 11) is 0. The van der Waals surface area contributed by atoms with Gasteiger partial charge in [-0.25, -0.2) is 0 Å². The van der Waals surface area contributed by atoms with Gasteiger partial charge in [0, 0.05) is 0 Å². The van der Waals surface area contributed by atoms with Gasteiger partial charge in [0.1, 0.15) is 6.10 Å². The summed E-state index contributed by atoms with van der Waals surface area (Å²) >= 11 is 0. The zero-order chi connectivity index (χ0) is 9.97. The Bertz CT molecular complexity index is 318. The van der Waals surface area contributed by atoms with Gasteiger partial charge in [0.2, 0.25) is 0 Å². The second-order valence-electron chi connectivity index (χ2n) is 3.55. The molecule has 0 saturated carbocycles. The van der Waals surface area contributed by atoms with Gasteiger partial charge in [0.25, 0.3) is 0 Å². The van der Waals surface area contributed by atoms with Crippen LogP contribution in [0.25, 0.3) is 0 Å². The molecule has 0 fully saturated rings. The highest BCUT2D eigenvalue weighted by atomic mass is 16.5. The van der Waals surface area contributed by atoms with Crippen LogP contribution in [0.2, 0.25) is 0 Å². The van der Waals surface area contributed by atoms with Gasteiger partial charge in [-0.3, -0.25) is 0 Å². The maximum absolute atomic E-state index is 9.43. The van der Waals surface area contributed by atoms with Crippen LogP contribution in [0.4, 0.5) is 0 Å². The van der Waals surface area contributed by atoms with Crippen molar-refractivity contribution >= 4 is 0 Å². The first-order chi connectivity index (χ1) is 6.77. The number of benzene rings is 1. The Morgan fingerprint density at radius 3 is 2.50 bits per heavy atom. The molecule has 0 bridgehead atoms. The first-order valence-corrected chi connectivity index (χ1v) is 4.84. The number of aliphatic hydroxyl groups is 1. The number of aliphatic hydroxyl groups excluding tert-OH is 1. The molecule has 1 heterocycles. The summed E-state index contributed by atoms with van der Waals surface area (Å²) < 4.78 is 5.65. The smallest absolute Gasteiger partial charge is 0.101 e. The highest BCUT2D eigenvalue weighted by Crippen LogP contribution is 2.25. The summed E-state index contributed by atoms with van der Waals surface area (Å²) in [4.78, 5) is 0. The molecule has 1 N–H and O–H groups in total. The molecule has 2 nitrogen and oxygen atoms in total. The number of hydrogen-bond donors (Lipinski definition) is 1. The first kappa shape index (κ1) is 9.44. The SMILES string of the molecule is C[C@H]1O[C@@H](c2ccccc2)C=C[C@H]1O. The Morgan fingerprint density at radius 2 is 1.86 bits per heavy atom. The van der Waals surface area contributed by atoms with Crippen molar-refractivity contribution in [2.45, 2.75) is 25.2 Å². The monoisotopic (exact) mass is 190 g/mol. The fourth-order valence-electron chi connectivity index (χ4n) is 1.56. The van der Waals surface area contributed by atoms with Gasteiger partial charge in [-0.15, -0.1) is 0 Å². The Hall–Kier alpha value is -1.12. The lowest BCUT2D eigenvalue weighted by Crippen LogP contribution is -2.29. The van der Waals surface area contributed by atoms with Crippen molar-refractivity contribution in [2.75, 3.05) is 0 Å². The standard InChI is InChI=1S/C12H14O2/c1-9-11(13)7-8-12(14-9)10-5-3-2-4-6-10/h2-9,11-13H,1H3/t9-,11-,12-/m1/s1. The van der Waals surface area contributed by atoms with E-state index in [4.69, 9.17) is 4.74 Å². The van der Waals surface area contributed by atoms with Gasteiger partial charge in [0.05, 0.1) is 12.2 Å². The van der Waals surface area contributed by atoms with E-state index < -0.39 is 6.10 Å². The Kier molecular flexibility index (Phi) is 2.66. The number of hydrogen-bond acceptors (Lipinski definition) is 2. The van der Waals surface area contributed by atoms with E-state index in [0.717, 1.165) is 5.56 Å². The molecule has 0 saturated heterocycles. The Balaban J connectivity index is 2.18. The fraction of sp³-hybridized carbons (Fsp3) is 0.333. The molecule has 14 heavy (non-hydrogen) atoms. The minimum atomic E-state index is -0.477. The van der Waals surface area contributed by atoms with Crippen LogP contribution in [-0.4, -0.2) is 17.3 Å². The van der Waals surface area contributed by atoms with Gasteiger partial charge >= 0.3 is 0 Å². The average molecular weight is 190 g/mol. The van der Waals surface area contributed by atoms with Crippen LogP contribution >= 0.6 is 0 Å². The zero-order valence-electron chi connectivity index (χ0n) is 8.13. The molecule has 1 aliphatic rings. The molecule has 0 unspecified atom stereocenters. The van der Waals surface area contributed by atoms with Crippen molar-refractivity contribution < 1.29 is 9.84 Å². The van der Waals surface area contributed by atoms with Gasteiger partial charge in [-0.1, -0.05) is 42.5 Å². The van der Waals surface area contributed by atoms with Crippen molar-refractivity contribution in [1.82, 2.24) is 0 Å². The Morgan fingerprint density at radius 1 is 1.14 bits per heavy atom. The predicted molar refractivity (Wildman–Crippen MR) is 54.9 cm³/mol. The molecule has 0 amide bonds. The normalized spacial score (nSPS) is 31.7. The van der Waals surface area contributed by atoms with Crippen LogP contribution in [0.15, 0.2) is 42.5 Å².